The average Bonchev–Trinajstić information content (AvgIpc) is 3.27. The predicted molar refractivity (Wildman–Crippen MR) is 128 cm³/mol. The number of rotatable bonds is 6. The lowest BCUT2D eigenvalue weighted by molar-refractivity contribution is 0.0302. The molecule has 0 spiro atoms. The molecule has 0 radical (unpaired) electrons. The SMILES string of the molecule is CN(CCC1=NC=C[N+]1(C(=O)O)c1ccc(OC(=O)c2cc(F)c(F)c(F)c2F)cc1)C(=O)OC(C)(C)C. The zero-order valence-corrected chi connectivity index (χ0v) is 20.8. The minimum absolute atomic E-state index is 0.0623. The third-order valence-corrected chi connectivity index (χ3v) is 5.38. The first-order valence-corrected chi connectivity index (χ1v) is 11.1. The minimum atomic E-state index is -2.16. The Morgan fingerprint density at radius 3 is 2.24 bits per heavy atom. The Morgan fingerprint density at radius 2 is 1.66 bits per heavy atom. The highest BCUT2D eigenvalue weighted by atomic mass is 19.2. The van der Waals surface area contributed by atoms with E-state index in [0.29, 0.717) is 0 Å². The van der Waals surface area contributed by atoms with E-state index in [1.165, 1.54) is 48.6 Å². The van der Waals surface area contributed by atoms with E-state index >= 15 is 0 Å². The minimum Gasteiger partial charge on any atom is -0.444 e. The van der Waals surface area contributed by atoms with Crippen LogP contribution in [0, 0.1) is 23.3 Å². The van der Waals surface area contributed by atoms with Gasteiger partial charge in [0.1, 0.15) is 23.1 Å². The second kappa shape index (κ2) is 10.6. The molecule has 2 aromatic rings. The summed E-state index contributed by atoms with van der Waals surface area (Å²) in [6, 6.07) is 5.12. The van der Waals surface area contributed by atoms with Crippen molar-refractivity contribution in [1.82, 2.24) is 9.38 Å². The van der Waals surface area contributed by atoms with Gasteiger partial charge in [0.15, 0.2) is 29.0 Å². The molecule has 0 saturated heterocycles. The summed E-state index contributed by atoms with van der Waals surface area (Å²) in [7, 11) is 1.50. The molecule has 2 amide bonds. The number of amidine groups is 1. The van der Waals surface area contributed by atoms with E-state index in [2.05, 4.69) is 4.99 Å². The number of carbonyl (C=O) groups is 3. The van der Waals surface area contributed by atoms with Crippen LogP contribution in [0.2, 0.25) is 0 Å². The standard InChI is InChI=1S/C25H23F4N3O6/c1-25(2,3)38-23(34)31(4)11-9-18-30-10-12-32(18,24(35)36)14-5-7-15(8-6-14)37-22(33)16-13-17(26)20(28)21(29)19(16)27/h5-8,10,12-13H,9,11H2,1-4H3/p+1. The van der Waals surface area contributed by atoms with E-state index < -0.39 is 57.1 Å². The molecule has 9 nitrogen and oxygen atoms in total. The van der Waals surface area contributed by atoms with Crippen LogP contribution in [0.5, 0.6) is 5.75 Å². The highest BCUT2D eigenvalue weighted by molar-refractivity contribution is 6.11. The smallest absolute Gasteiger partial charge is 0.444 e. The third-order valence-electron chi connectivity index (χ3n) is 5.38. The van der Waals surface area contributed by atoms with Crippen LogP contribution in [0.3, 0.4) is 0 Å². The lowest BCUT2D eigenvalue weighted by Crippen LogP contribution is -2.52. The van der Waals surface area contributed by atoms with E-state index in [1.807, 2.05) is 0 Å². The normalized spacial score (nSPS) is 16.7. The summed E-state index contributed by atoms with van der Waals surface area (Å²) in [6.45, 7) is 5.23. The van der Waals surface area contributed by atoms with E-state index in [-0.39, 0.29) is 36.3 Å². The van der Waals surface area contributed by atoms with Gasteiger partial charge in [-0.25, -0.2) is 32.1 Å². The van der Waals surface area contributed by atoms with E-state index in [4.69, 9.17) is 9.47 Å². The number of amides is 2. The van der Waals surface area contributed by atoms with Gasteiger partial charge >= 0.3 is 18.2 Å². The molecule has 0 saturated carbocycles. The van der Waals surface area contributed by atoms with Gasteiger partial charge in [0, 0.05) is 25.7 Å². The fourth-order valence-corrected chi connectivity index (χ4v) is 3.49. The number of ether oxygens (including phenoxy) is 2. The maximum atomic E-state index is 13.9. The van der Waals surface area contributed by atoms with Crippen LogP contribution < -0.4 is 9.22 Å². The fourth-order valence-electron chi connectivity index (χ4n) is 3.49. The van der Waals surface area contributed by atoms with Gasteiger partial charge in [-0.1, -0.05) is 0 Å². The van der Waals surface area contributed by atoms with Gasteiger partial charge in [-0.2, -0.15) is 4.79 Å². The van der Waals surface area contributed by atoms with E-state index in [0.717, 1.165) is 0 Å². The molecule has 1 aliphatic rings. The number of nitrogens with zero attached hydrogens (tertiary/aromatic N) is 3. The number of hydrogen-bond donors (Lipinski definition) is 1. The van der Waals surface area contributed by atoms with Crippen LogP contribution in [0.4, 0.5) is 32.8 Å². The zero-order valence-electron chi connectivity index (χ0n) is 20.8. The molecule has 0 aromatic heterocycles. The van der Waals surface area contributed by atoms with Crippen molar-refractivity contribution in [1.29, 1.82) is 0 Å². The second-order valence-electron chi connectivity index (χ2n) is 9.23. The first-order chi connectivity index (χ1) is 17.7. The number of carbonyl (C=O) groups excluding carboxylic acids is 2. The molecule has 13 heteroatoms. The Labute approximate surface area is 214 Å². The summed E-state index contributed by atoms with van der Waals surface area (Å²) in [5.41, 5.74) is -1.71. The maximum Gasteiger partial charge on any atom is 0.529 e. The number of halogens is 4. The van der Waals surface area contributed by atoms with Gasteiger partial charge in [-0.3, -0.25) is 0 Å². The Balaban J connectivity index is 1.79. The van der Waals surface area contributed by atoms with Crippen LogP contribution in [0.15, 0.2) is 47.7 Å². The largest absolute Gasteiger partial charge is 0.529 e. The summed E-state index contributed by atoms with van der Waals surface area (Å²) in [6.07, 6.45) is 0.742. The van der Waals surface area contributed by atoms with Crippen molar-refractivity contribution in [3.05, 3.63) is 71.6 Å². The van der Waals surface area contributed by atoms with E-state index in [1.54, 1.807) is 20.8 Å². The monoisotopic (exact) mass is 538 g/mol. The molecule has 1 unspecified atom stereocenters. The van der Waals surface area contributed by atoms with Crippen molar-refractivity contribution >= 4 is 29.7 Å². The highest BCUT2D eigenvalue weighted by Gasteiger charge is 2.46. The Bertz CT molecular complexity index is 1340. The summed E-state index contributed by atoms with van der Waals surface area (Å²) in [5, 5.41) is 10.1. The summed E-state index contributed by atoms with van der Waals surface area (Å²) < 4.78 is 63.3. The van der Waals surface area contributed by atoms with Gasteiger partial charge in [-0.15, -0.1) is 4.48 Å². The number of esters is 1. The first-order valence-electron chi connectivity index (χ1n) is 11.1. The number of benzene rings is 2. The molecule has 0 aliphatic carbocycles. The molecule has 0 fully saturated rings. The Morgan fingerprint density at radius 1 is 1.03 bits per heavy atom. The summed E-state index contributed by atoms with van der Waals surface area (Å²) in [4.78, 5) is 42.3. The average molecular weight is 538 g/mol. The second-order valence-corrected chi connectivity index (χ2v) is 9.23. The van der Waals surface area contributed by atoms with Crippen molar-refractivity contribution < 1.29 is 46.5 Å². The van der Waals surface area contributed by atoms with Crippen molar-refractivity contribution in [2.75, 3.05) is 13.6 Å². The van der Waals surface area contributed by atoms with Crippen LogP contribution >= 0.6 is 0 Å². The topological polar surface area (TPSA) is 106 Å². The number of hydrogen-bond acceptors (Lipinski definition) is 6. The maximum absolute atomic E-state index is 13.9. The quantitative estimate of drug-likeness (QED) is 0.128. The van der Waals surface area contributed by atoms with Crippen molar-refractivity contribution in [2.45, 2.75) is 32.8 Å². The van der Waals surface area contributed by atoms with Crippen LogP contribution in [0.1, 0.15) is 37.6 Å². The Hall–Kier alpha value is -4.26. The zero-order chi connectivity index (χ0) is 28.4. The third kappa shape index (κ3) is 5.67. The molecule has 1 atom stereocenters. The molecule has 2 aromatic carbocycles. The van der Waals surface area contributed by atoms with Crippen LogP contribution in [-0.2, 0) is 4.74 Å². The van der Waals surface area contributed by atoms with Gasteiger partial charge in [0.25, 0.3) is 0 Å². The molecule has 1 heterocycles. The molecule has 38 heavy (non-hydrogen) atoms. The number of carboxylic acid groups (broad SMARTS) is 1. The van der Waals surface area contributed by atoms with Gasteiger partial charge in [0.2, 0.25) is 5.84 Å². The van der Waals surface area contributed by atoms with Crippen LogP contribution in [-0.4, -0.2) is 53.2 Å². The Kier molecular flexibility index (Phi) is 7.91. The molecule has 3 rings (SSSR count). The molecule has 1 N–H and O–H groups in total. The first kappa shape index (κ1) is 28.3. The molecule has 0 bridgehead atoms. The lowest BCUT2D eigenvalue weighted by atomic mass is 10.2. The van der Waals surface area contributed by atoms with Gasteiger partial charge < -0.3 is 19.5 Å². The van der Waals surface area contributed by atoms with Crippen molar-refractivity contribution in [3.8, 4) is 5.75 Å². The van der Waals surface area contributed by atoms with E-state index in [9.17, 15) is 37.1 Å². The van der Waals surface area contributed by atoms with Crippen molar-refractivity contribution in [2.24, 2.45) is 4.99 Å². The lowest BCUT2D eigenvalue weighted by Gasteiger charge is -2.28. The van der Waals surface area contributed by atoms with Gasteiger partial charge in [0.05, 0.1) is 12.6 Å². The molecule has 1 aliphatic heterocycles. The fraction of sp³-hybridized carbons (Fsp3) is 0.280. The highest BCUT2D eigenvalue weighted by Crippen LogP contribution is 2.32. The number of aliphatic imine (C=N–C) groups is 1. The summed E-state index contributed by atoms with van der Waals surface area (Å²) in [5.74, 6) is -9.46. The van der Waals surface area contributed by atoms with Gasteiger partial charge in [-0.05, 0) is 39.0 Å². The summed E-state index contributed by atoms with van der Waals surface area (Å²) >= 11 is 0. The molecule has 202 valence electrons. The number of quaternary nitrogens is 1. The molecular weight excluding hydrogens is 514 g/mol. The van der Waals surface area contributed by atoms with Crippen molar-refractivity contribution in [3.63, 3.8) is 0 Å². The predicted octanol–water partition coefficient (Wildman–Crippen LogP) is 5.59. The molecular formula is C25H24F4N3O6+. The van der Waals surface area contributed by atoms with Crippen LogP contribution in [0.25, 0.3) is 0 Å².